The number of aryl methyl sites for hydroxylation is 2. The molecule has 0 saturated heterocycles. The average molecular weight is 275 g/mol. The van der Waals surface area contributed by atoms with E-state index in [1.807, 2.05) is 48.1 Å². The summed E-state index contributed by atoms with van der Waals surface area (Å²) in [6.45, 7) is 3.18. The van der Waals surface area contributed by atoms with Crippen LogP contribution < -0.4 is 15.4 Å². The normalized spacial score (nSPS) is 11.3. The lowest BCUT2D eigenvalue weighted by molar-refractivity contribution is -0.671. The minimum atomic E-state index is -1.21. The number of nitrogens with two attached hydrogens (primary N) is 1. The lowest BCUT2D eigenvalue weighted by Gasteiger charge is -2.11. The molecule has 2 N–H and O–H groups in total. The number of aromatic nitrogens is 2. The molecule has 2 aromatic rings. The largest absolute Gasteiger partial charge is 0.548 e. The Balaban J connectivity index is 0.000000217. The van der Waals surface area contributed by atoms with Crippen molar-refractivity contribution in [3.8, 4) is 0 Å². The molecule has 1 heterocycles. The van der Waals surface area contributed by atoms with Crippen LogP contribution in [0, 0.1) is 0 Å². The number of carbonyl (C=O) groups is 1. The van der Waals surface area contributed by atoms with Crippen molar-refractivity contribution in [2.75, 3.05) is 0 Å². The second-order valence-electron chi connectivity index (χ2n) is 4.52. The molecule has 0 unspecified atom stereocenters. The molecule has 0 fully saturated rings. The van der Waals surface area contributed by atoms with Gasteiger partial charge in [-0.15, -0.1) is 0 Å². The molecule has 2 rings (SSSR count). The maximum atomic E-state index is 10.3. The number of hydrogen-bond donors (Lipinski definition) is 1. The average Bonchev–Trinajstić information content (AvgIpc) is 2.86. The zero-order valence-electron chi connectivity index (χ0n) is 11.9. The van der Waals surface area contributed by atoms with E-state index in [1.165, 1.54) is 0 Å². The van der Waals surface area contributed by atoms with Crippen LogP contribution in [0.25, 0.3) is 0 Å². The summed E-state index contributed by atoms with van der Waals surface area (Å²) in [4.78, 5) is 10.3. The van der Waals surface area contributed by atoms with Crippen molar-refractivity contribution in [3.05, 3.63) is 54.6 Å². The van der Waals surface area contributed by atoms with Crippen LogP contribution in [-0.2, 0) is 24.8 Å². The van der Waals surface area contributed by atoms with Gasteiger partial charge in [-0.1, -0.05) is 30.3 Å². The molecule has 20 heavy (non-hydrogen) atoms. The lowest BCUT2D eigenvalue weighted by atomic mass is 10.1. The first-order chi connectivity index (χ1) is 9.52. The van der Waals surface area contributed by atoms with E-state index in [4.69, 9.17) is 5.73 Å². The highest BCUT2D eigenvalue weighted by molar-refractivity contribution is 5.71. The number of aliphatic carboxylic acids is 1. The van der Waals surface area contributed by atoms with Crippen LogP contribution in [0.3, 0.4) is 0 Å². The van der Waals surface area contributed by atoms with Gasteiger partial charge in [-0.2, -0.15) is 0 Å². The monoisotopic (exact) mass is 275 g/mol. The summed E-state index contributed by atoms with van der Waals surface area (Å²) in [7, 11) is 2.02. The van der Waals surface area contributed by atoms with E-state index in [0.29, 0.717) is 6.42 Å². The van der Waals surface area contributed by atoms with E-state index in [2.05, 4.69) is 24.0 Å². The fourth-order valence-corrected chi connectivity index (χ4v) is 1.64. The van der Waals surface area contributed by atoms with Gasteiger partial charge in [-0.3, -0.25) is 0 Å². The van der Waals surface area contributed by atoms with Crippen LogP contribution in [0.2, 0.25) is 0 Å². The summed E-state index contributed by atoms with van der Waals surface area (Å²) in [6, 6.07) is 8.32. The fraction of sp³-hybridized carbons (Fsp3) is 0.333. The Morgan fingerprint density at radius 2 is 2.05 bits per heavy atom. The van der Waals surface area contributed by atoms with Gasteiger partial charge in [0, 0.05) is 6.04 Å². The Labute approximate surface area is 119 Å². The van der Waals surface area contributed by atoms with Gasteiger partial charge in [-0.05, 0) is 18.9 Å². The molecule has 0 aliphatic heterocycles. The quantitative estimate of drug-likeness (QED) is 0.774. The van der Waals surface area contributed by atoms with Crippen molar-refractivity contribution < 1.29 is 14.5 Å². The zero-order valence-corrected chi connectivity index (χ0v) is 11.9. The number of rotatable bonds is 4. The predicted octanol–water partition coefficient (Wildman–Crippen LogP) is -0.361. The van der Waals surface area contributed by atoms with Gasteiger partial charge in [0.15, 0.2) is 0 Å². The Bertz CT molecular complexity index is 523. The highest BCUT2D eigenvalue weighted by Crippen LogP contribution is 2.00. The van der Waals surface area contributed by atoms with E-state index in [-0.39, 0.29) is 0 Å². The third kappa shape index (κ3) is 5.67. The number of nitrogens with zero attached hydrogens (tertiary/aromatic N) is 2. The van der Waals surface area contributed by atoms with Crippen LogP contribution in [-0.4, -0.2) is 16.6 Å². The summed E-state index contributed by atoms with van der Waals surface area (Å²) in [6.07, 6.45) is 6.46. The molecule has 0 bridgehead atoms. The van der Waals surface area contributed by atoms with E-state index < -0.39 is 12.0 Å². The predicted molar refractivity (Wildman–Crippen MR) is 74.4 cm³/mol. The summed E-state index contributed by atoms with van der Waals surface area (Å²) < 4.78 is 4.16. The first-order valence-electron chi connectivity index (χ1n) is 6.54. The van der Waals surface area contributed by atoms with Crippen molar-refractivity contribution in [2.24, 2.45) is 12.8 Å². The van der Waals surface area contributed by atoms with Crippen LogP contribution in [0.1, 0.15) is 12.5 Å². The maximum absolute atomic E-state index is 10.3. The maximum Gasteiger partial charge on any atom is 0.243 e. The summed E-state index contributed by atoms with van der Waals surface area (Å²) in [5, 5.41) is 10.3. The van der Waals surface area contributed by atoms with Crippen LogP contribution in [0.5, 0.6) is 0 Å². The first-order valence-corrected chi connectivity index (χ1v) is 6.54. The number of hydrogen-bond acceptors (Lipinski definition) is 3. The second-order valence-corrected chi connectivity index (χ2v) is 4.52. The van der Waals surface area contributed by atoms with Gasteiger partial charge in [0.05, 0.1) is 19.6 Å². The Morgan fingerprint density at radius 1 is 1.40 bits per heavy atom. The minimum Gasteiger partial charge on any atom is -0.548 e. The van der Waals surface area contributed by atoms with E-state index in [9.17, 15) is 9.90 Å². The Kier molecular flexibility index (Phi) is 6.46. The highest BCUT2D eigenvalue weighted by Gasteiger charge is 2.03. The molecule has 0 amide bonds. The first kappa shape index (κ1) is 15.9. The molecule has 0 aliphatic carbocycles. The van der Waals surface area contributed by atoms with E-state index in [1.54, 1.807) is 0 Å². The summed E-state index contributed by atoms with van der Waals surface area (Å²) in [5.41, 5.74) is 6.20. The Morgan fingerprint density at radius 3 is 2.45 bits per heavy atom. The molecule has 0 radical (unpaired) electrons. The zero-order chi connectivity index (χ0) is 15.0. The standard InChI is InChI=1S/C9H11NO2.C6H11N2/c10-8(9(11)12)6-7-4-2-1-3-5-7;1-3-8-5-4-7(2)6-8/h1-5,8H,6,10H2,(H,11,12);4-6H,3H2,1-2H3/q;+1/p-1/t8-;/m0./s1. The van der Waals surface area contributed by atoms with Crippen molar-refractivity contribution in [1.82, 2.24) is 4.57 Å². The number of carboxylic acid groups (broad SMARTS) is 1. The van der Waals surface area contributed by atoms with Crippen molar-refractivity contribution >= 4 is 5.97 Å². The van der Waals surface area contributed by atoms with Gasteiger partial charge >= 0.3 is 0 Å². The van der Waals surface area contributed by atoms with E-state index >= 15 is 0 Å². The summed E-state index contributed by atoms with van der Waals surface area (Å²) >= 11 is 0. The molecule has 5 nitrogen and oxygen atoms in total. The van der Waals surface area contributed by atoms with Crippen molar-refractivity contribution in [3.63, 3.8) is 0 Å². The molecule has 5 heteroatoms. The van der Waals surface area contributed by atoms with Gasteiger partial charge in [0.25, 0.3) is 0 Å². The number of carboxylic acids is 1. The fourth-order valence-electron chi connectivity index (χ4n) is 1.64. The van der Waals surface area contributed by atoms with Crippen LogP contribution in [0.4, 0.5) is 0 Å². The van der Waals surface area contributed by atoms with E-state index in [0.717, 1.165) is 12.1 Å². The topological polar surface area (TPSA) is 75.0 Å². The molecular formula is C15H21N3O2. The SMILES string of the molecule is CCn1cc[n+](C)c1.N[C@@H](Cc1ccccc1)C(=O)[O-]. The van der Waals surface area contributed by atoms with Gasteiger partial charge in [0.1, 0.15) is 12.4 Å². The molecule has 1 aromatic carbocycles. The van der Waals surface area contributed by atoms with Crippen molar-refractivity contribution in [1.29, 1.82) is 0 Å². The van der Waals surface area contributed by atoms with Crippen LogP contribution in [0.15, 0.2) is 49.1 Å². The van der Waals surface area contributed by atoms with Gasteiger partial charge < -0.3 is 15.6 Å². The molecule has 1 atom stereocenters. The molecule has 0 saturated carbocycles. The van der Waals surface area contributed by atoms with Crippen LogP contribution >= 0.6 is 0 Å². The summed E-state index contributed by atoms with van der Waals surface area (Å²) in [5.74, 6) is -1.21. The number of benzene rings is 1. The lowest BCUT2D eigenvalue weighted by Crippen LogP contribution is -2.43. The number of carbonyl (C=O) groups excluding carboxylic acids is 1. The molecule has 1 aromatic heterocycles. The smallest absolute Gasteiger partial charge is 0.243 e. The van der Waals surface area contributed by atoms with Gasteiger partial charge in [0.2, 0.25) is 6.33 Å². The molecular weight excluding hydrogens is 254 g/mol. The Hall–Kier alpha value is -2.14. The third-order valence-electron chi connectivity index (χ3n) is 2.79. The molecule has 0 aliphatic rings. The highest BCUT2D eigenvalue weighted by atomic mass is 16.4. The molecule has 108 valence electrons. The second kappa shape index (κ2) is 8.12. The minimum absolute atomic E-state index is 0.323. The third-order valence-corrected chi connectivity index (χ3v) is 2.79. The van der Waals surface area contributed by atoms with Gasteiger partial charge in [-0.25, -0.2) is 9.13 Å². The van der Waals surface area contributed by atoms with Crippen molar-refractivity contribution in [2.45, 2.75) is 25.9 Å². The number of imidazole rings is 1. The molecule has 0 spiro atoms.